The molecule has 3 aromatic carbocycles. The first-order valence-corrected chi connectivity index (χ1v) is 22.2. The Bertz CT molecular complexity index is 2410. The minimum Gasteiger partial charge on any atom is -0.481 e. The van der Waals surface area contributed by atoms with Gasteiger partial charge in [-0.05, 0) is 78.8 Å². The van der Waals surface area contributed by atoms with Crippen LogP contribution in [-0.2, 0) is 46.0 Å². The number of carboxylic acids is 4. The molecular formula is C52H65N4O10+. The maximum Gasteiger partial charge on any atom is 0.303 e. The fourth-order valence-corrected chi connectivity index (χ4v) is 8.32. The summed E-state index contributed by atoms with van der Waals surface area (Å²) in [6, 6.07) is 17.3. The molecule has 66 heavy (non-hydrogen) atoms. The number of anilines is 1. The van der Waals surface area contributed by atoms with E-state index in [4.69, 9.17) is 31.9 Å². The Hall–Kier alpha value is -7.09. The van der Waals surface area contributed by atoms with Crippen molar-refractivity contribution >= 4 is 69.6 Å². The van der Waals surface area contributed by atoms with Crippen LogP contribution in [0.3, 0.4) is 0 Å². The molecule has 8 N–H and O–H groups in total. The first kappa shape index (κ1) is 53.2. The highest BCUT2D eigenvalue weighted by molar-refractivity contribution is 6.07. The van der Waals surface area contributed by atoms with Crippen LogP contribution in [0.4, 0.5) is 11.4 Å². The van der Waals surface area contributed by atoms with Crippen molar-refractivity contribution < 1.29 is 53.8 Å². The number of hydrogen-bond donors (Lipinski definition) is 6. The van der Waals surface area contributed by atoms with E-state index in [1.54, 1.807) is 0 Å². The minimum atomic E-state index is -1.08. The second-order valence-electron chi connectivity index (χ2n) is 16.6. The molecule has 0 fully saturated rings. The molecule has 0 aromatic heterocycles. The number of nitrogens with two attached hydrogens (primary N) is 2. The Balaban J connectivity index is 0.000000544. The molecule has 3 aliphatic rings. The molecule has 0 radical (unpaired) electrons. The topological polar surface area (TPSA) is 242 Å². The number of hydrogen-bond acceptors (Lipinski definition) is 7. The fourth-order valence-electron chi connectivity index (χ4n) is 8.32. The van der Waals surface area contributed by atoms with Crippen LogP contribution in [0.1, 0.15) is 115 Å². The van der Waals surface area contributed by atoms with Crippen LogP contribution in [0.5, 0.6) is 0 Å². The maximum atomic E-state index is 11.8. The van der Waals surface area contributed by atoms with Crippen LogP contribution in [0.25, 0.3) is 16.8 Å². The first-order chi connectivity index (χ1) is 31.3. The number of amides is 2. The van der Waals surface area contributed by atoms with E-state index >= 15 is 0 Å². The van der Waals surface area contributed by atoms with Crippen molar-refractivity contribution in [2.45, 2.75) is 110 Å². The molecule has 2 aliphatic heterocycles. The monoisotopic (exact) mass is 905 g/mol. The van der Waals surface area contributed by atoms with Crippen molar-refractivity contribution in [2.24, 2.45) is 11.5 Å². The average molecular weight is 906 g/mol. The fraction of sp³-hybridized carbons (Fsp3) is 0.365. The Morgan fingerprint density at radius 1 is 0.682 bits per heavy atom. The summed E-state index contributed by atoms with van der Waals surface area (Å²) in [4.78, 5) is 64.5. The highest BCUT2D eigenvalue weighted by Gasteiger charge is 2.45. The second-order valence-corrected chi connectivity index (χ2v) is 16.6. The summed E-state index contributed by atoms with van der Waals surface area (Å²) in [5.41, 5.74) is 20.6. The number of carboxylic acid groups (broad SMARTS) is 4. The van der Waals surface area contributed by atoms with Crippen LogP contribution >= 0.6 is 0 Å². The van der Waals surface area contributed by atoms with E-state index in [2.05, 4.69) is 122 Å². The van der Waals surface area contributed by atoms with Crippen molar-refractivity contribution in [3.05, 3.63) is 125 Å². The molecule has 0 spiro atoms. The van der Waals surface area contributed by atoms with Gasteiger partial charge in [0.1, 0.15) is 0 Å². The van der Waals surface area contributed by atoms with Crippen LogP contribution in [0.2, 0.25) is 0 Å². The molecule has 0 saturated carbocycles. The SMILES string of the molecule is CC.CC1(C)C(/C=C/C=C/C=C/C=C2/N(CCC(N)=O)c3ccc4c(c3C2(C)C)C=CCCC4)=[N+](CCC(N)=O)c2ccc3ccccc3c21.O=C(O)CCC(=O)O.O=C(O)CCC(=O)O. The lowest BCUT2D eigenvalue weighted by Crippen LogP contribution is -2.29. The van der Waals surface area contributed by atoms with Gasteiger partial charge in [-0.3, -0.25) is 28.8 Å². The van der Waals surface area contributed by atoms with E-state index in [-0.39, 0.29) is 54.7 Å². The Morgan fingerprint density at radius 3 is 1.85 bits per heavy atom. The quantitative estimate of drug-likeness (QED) is 0.0587. The maximum absolute atomic E-state index is 11.8. The van der Waals surface area contributed by atoms with Gasteiger partial charge in [0.15, 0.2) is 12.3 Å². The van der Waals surface area contributed by atoms with Crippen LogP contribution < -0.4 is 16.4 Å². The third kappa shape index (κ3) is 14.2. The van der Waals surface area contributed by atoms with E-state index < -0.39 is 23.9 Å². The number of aliphatic carboxylic acids is 4. The molecular weight excluding hydrogens is 841 g/mol. The number of aryl methyl sites for hydroxylation is 1. The molecule has 0 atom stereocenters. The summed E-state index contributed by atoms with van der Waals surface area (Å²) in [6.07, 6.45) is 21.9. The van der Waals surface area contributed by atoms with Crippen molar-refractivity contribution in [3.8, 4) is 0 Å². The largest absolute Gasteiger partial charge is 0.481 e. The first-order valence-electron chi connectivity index (χ1n) is 22.2. The lowest BCUT2D eigenvalue weighted by molar-refractivity contribution is -0.436. The molecule has 0 unspecified atom stereocenters. The zero-order chi connectivity index (χ0) is 49.2. The third-order valence-corrected chi connectivity index (χ3v) is 11.2. The molecule has 2 heterocycles. The van der Waals surface area contributed by atoms with Crippen LogP contribution in [0, 0.1) is 0 Å². The van der Waals surface area contributed by atoms with Crippen molar-refractivity contribution in [3.63, 3.8) is 0 Å². The van der Waals surface area contributed by atoms with Gasteiger partial charge in [0.05, 0.1) is 37.5 Å². The number of primary amides is 2. The molecule has 14 nitrogen and oxygen atoms in total. The van der Waals surface area contributed by atoms with Gasteiger partial charge >= 0.3 is 23.9 Å². The van der Waals surface area contributed by atoms with E-state index in [1.807, 2.05) is 32.1 Å². The molecule has 6 rings (SSSR count). The van der Waals surface area contributed by atoms with Crippen molar-refractivity contribution in [1.29, 1.82) is 0 Å². The third-order valence-electron chi connectivity index (χ3n) is 11.2. The molecule has 2 amide bonds. The van der Waals surface area contributed by atoms with Gasteiger partial charge in [0.25, 0.3) is 0 Å². The van der Waals surface area contributed by atoms with Gasteiger partial charge in [-0.25, -0.2) is 0 Å². The summed E-state index contributed by atoms with van der Waals surface area (Å²) in [5, 5.41) is 34.0. The van der Waals surface area contributed by atoms with E-state index in [0.717, 1.165) is 42.0 Å². The van der Waals surface area contributed by atoms with Crippen LogP contribution in [-0.4, -0.2) is 79.5 Å². The molecule has 1 aliphatic carbocycles. The highest BCUT2D eigenvalue weighted by atomic mass is 16.4. The lowest BCUT2D eigenvalue weighted by Gasteiger charge is -2.27. The molecule has 352 valence electrons. The van der Waals surface area contributed by atoms with Crippen LogP contribution in [0.15, 0.2) is 103 Å². The van der Waals surface area contributed by atoms with Gasteiger partial charge in [0, 0.05) is 47.5 Å². The summed E-state index contributed by atoms with van der Waals surface area (Å²) in [5.74, 6) is -4.91. The molecule has 0 bridgehead atoms. The average Bonchev–Trinajstić information content (AvgIpc) is 3.45. The number of rotatable bonds is 16. The van der Waals surface area contributed by atoms with Gasteiger partial charge in [-0.15, -0.1) is 0 Å². The summed E-state index contributed by atoms with van der Waals surface area (Å²) < 4.78 is 2.24. The van der Waals surface area contributed by atoms with Crippen molar-refractivity contribution in [2.75, 3.05) is 18.0 Å². The Morgan fingerprint density at radius 2 is 1.26 bits per heavy atom. The molecule has 3 aromatic rings. The van der Waals surface area contributed by atoms with E-state index in [1.165, 1.54) is 33.0 Å². The van der Waals surface area contributed by atoms with Gasteiger partial charge in [-0.2, -0.15) is 4.58 Å². The predicted octanol–water partition coefficient (Wildman–Crippen LogP) is 8.56. The molecule has 14 heteroatoms. The molecule has 0 saturated heterocycles. The number of nitrogens with zero attached hydrogens (tertiary/aromatic N) is 2. The zero-order valence-corrected chi connectivity index (χ0v) is 38.9. The number of allylic oxidation sites excluding steroid dienone is 9. The van der Waals surface area contributed by atoms with Gasteiger partial charge < -0.3 is 36.8 Å². The number of benzene rings is 3. The second kappa shape index (κ2) is 24.8. The van der Waals surface area contributed by atoms with Crippen molar-refractivity contribution in [1.82, 2.24) is 0 Å². The standard InChI is InChI=1S/C42H46N4O2.2C4H6O4.C2H6/c1-41(2)35(45(27-25-37(43)47)33-23-21-29-15-9-8-10-17-31(29)39(33)41)19-11-6-5-7-12-20-36-42(3,4)40-32-18-14-13-16-30(32)22-24-34(40)46(36)28-26-38(44)48;2*5-3(6)1-2-4(7)8;1-2/h5-7,10-14,16-24H,8-9,15,25-28H2,1-4H3,(H3-,43,44,47,48);2*1-2H2,(H,5,6)(H,7,8);1-2H3/p+1. The number of carbonyl (C=O) groups excluding carboxylic acids is 2. The van der Waals surface area contributed by atoms with Gasteiger partial charge in [-0.1, -0.05) is 101 Å². The Kier molecular flexibility index (Phi) is 20.0. The zero-order valence-electron chi connectivity index (χ0n) is 38.9. The summed E-state index contributed by atoms with van der Waals surface area (Å²) in [6.45, 7) is 14.1. The summed E-state index contributed by atoms with van der Waals surface area (Å²) in [7, 11) is 0. The Labute approximate surface area is 387 Å². The number of carbonyl (C=O) groups is 6. The number of fused-ring (bicyclic) bond motifs is 6. The predicted molar refractivity (Wildman–Crippen MR) is 259 cm³/mol. The summed E-state index contributed by atoms with van der Waals surface area (Å²) >= 11 is 0. The van der Waals surface area contributed by atoms with E-state index in [9.17, 15) is 28.8 Å². The highest BCUT2D eigenvalue weighted by Crippen LogP contribution is 2.51. The van der Waals surface area contributed by atoms with Gasteiger partial charge in [0.2, 0.25) is 17.5 Å². The lowest BCUT2D eigenvalue weighted by atomic mass is 9.79. The minimum absolute atomic E-state index is 0.237. The normalized spacial score (nSPS) is 15.8. The smallest absolute Gasteiger partial charge is 0.303 e. The van der Waals surface area contributed by atoms with E-state index in [0.29, 0.717) is 19.5 Å².